The Morgan fingerprint density at radius 3 is 2.60 bits per heavy atom. The standard InChI is InChI=1S/C21H35N3O/c1-13(2)12-24-16(5)19(15(4)23-24)8-9-21(25)22-14(3)20-11-17-6-7-18(20)10-17/h13-14,17-18,20H,6-12H2,1-5H3,(H,22,25). The van der Waals surface area contributed by atoms with Crippen molar-refractivity contribution >= 4 is 5.91 Å². The number of nitrogens with zero attached hydrogens (tertiary/aromatic N) is 2. The summed E-state index contributed by atoms with van der Waals surface area (Å²) >= 11 is 0. The van der Waals surface area contributed by atoms with Gasteiger partial charge in [0.15, 0.2) is 0 Å². The van der Waals surface area contributed by atoms with Crippen LogP contribution in [-0.2, 0) is 17.8 Å². The van der Waals surface area contributed by atoms with Gasteiger partial charge in [0.25, 0.3) is 0 Å². The average Bonchev–Trinajstić information content (AvgIpc) is 3.22. The Kier molecular flexibility index (Phi) is 5.55. The molecule has 1 amide bonds. The molecule has 1 heterocycles. The molecule has 2 bridgehead atoms. The highest BCUT2D eigenvalue weighted by atomic mass is 16.1. The topological polar surface area (TPSA) is 46.9 Å². The third-order valence-electron chi connectivity index (χ3n) is 6.50. The lowest BCUT2D eigenvalue weighted by molar-refractivity contribution is -0.122. The predicted molar refractivity (Wildman–Crippen MR) is 101 cm³/mol. The van der Waals surface area contributed by atoms with Crippen LogP contribution in [0.1, 0.15) is 69.8 Å². The highest BCUT2D eigenvalue weighted by molar-refractivity contribution is 5.76. The zero-order valence-electron chi connectivity index (χ0n) is 16.6. The summed E-state index contributed by atoms with van der Waals surface area (Å²) in [6.45, 7) is 11.8. The van der Waals surface area contributed by atoms with Crippen LogP contribution in [0.15, 0.2) is 0 Å². The number of nitrogens with one attached hydrogen (secondary N) is 1. The van der Waals surface area contributed by atoms with Crippen LogP contribution in [0.25, 0.3) is 0 Å². The molecular weight excluding hydrogens is 310 g/mol. The number of aromatic nitrogens is 2. The van der Waals surface area contributed by atoms with E-state index in [0.29, 0.717) is 24.3 Å². The highest BCUT2D eigenvalue weighted by Crippen LogP contribution is 2.49. The lowest BCUT2D eigenvalue weighted by atomic mass is 9.84. The largest absolute Gasteiger partial charge is 0.353 e. The molecule has 1 N–H and O–H groups in total. The molecule has 2 aliphatic rings. The van der Waals surface area contributed by atoms with Gasteiger partial charge in [-0.3, -0.25) is 9.48 Å². The van der Waals surface area contributed by atoms with Crippen molar-refractivity contribution in [3.05, 3.63) is 17.0 Å². The summed E-state index contributed by atoms with van der Waals surface area (Å²) in [7, 11) is 0. The van der Waals surface area contributed by atoms with E-state index in [1.165, 1.54) is 36.9 Å². The van der Waals surface area contributed by atoms with Gasteiger partial charge in [-0.2, -0.15) is 5.10 Å². The van der Waals surface area contributed by atoms with Crippen LogP contribution < -0.4 is 5.32 Å². The molecule has 4 heteroatoms. The first kappa shape index (κ1) is 18.5. The first-order valence-corrected chi connectivity index (χ1v) is 10.2. The van der Waals surface area contributed by atoms with Crippen molar-refractivity contribution in [3.63, 3.8) is 0 Å². The van der Waals surface area contributed by atoms with Gasteiger partial charge < -0.3 is 5.32 Å². The van der Waals surface area contributed by atoms with Crippen molar-refractivity contribution < 1.29 is 4.79 Å². The van der Waals surface area contributed by atoms with E-state index < -0.39 is 0 Å². The smallest absolute Gasteiger partial charge is 0.220 e. The third-order valence-corrected chi connectivity index (χ3v) is 6.50. The van der Waals surface area contributed by atoms with Crippen LogP contribution in [0.4, 0.5) is 0 Å². The highest BCUT2D eigenvalue weighted by Gasteiger charge is 2.42. The number of carbonyl (C=O) groups is 1. The Bertz CT molecular complexity index is 619. The van der Waals surface area contributed by atoms with E-state index in [9.17, 15) is 4.79 Å². The number of amides is 1. The van der Waals surface area contributed by atoms with Crippen molar-refractivity contribution in [1.29, 1.82) is 0 Å². The predicted octanol–water partition coefficient (Wildman–Crippen LogP) is 4.03. The molecule has 1 aromatic rings. The number of fused-ring (bicyclic) bond motifs is 2. The van der Waals surface area contributed by atoms with Crippen molar-refractivity contribution in [2.75, 3.05) is 0 Å². The molecule has 0 aliphatic heterocycles. The first-order valence-electron chi connectivity index (χ1n) is 10.2. The molecule has 4 nitrogen and oxygen atoms in total. The molecule has 140 valence electrons. The van der Waals surface area contributed by atoms with Gasteiger partial charge in [0.1, 0.15) is 0 Å². The lowest BCUT2D eigenvalue weighted by Gasteiger charge is -2.28. The fraction of sp³-hybridized carbons (Fsp3) is 0.810. The normalized spacial score (nSPS) is 26.4. The van der Waals surface area contributed by atoms with Crippen molar-refractivity contribution in [2.24, 2.45) is 23.7 Å². The second-order valence-corrected chi connectivity index (χ2v) is 8.92. The summed E-state index contributed by atoms with van der Waals surface area (Å²) in [5, 5.41) is 7.95. The second kappa shape index (κ2) is 7.51. The SMILES string of the molecule is Cc1nn(CC(C)C)c(C)c1CCC(=O)NC(C)C1CC2CCC1C2. The summed E-state index contributed by atoms with van der Waals surface area (Å²) in [5.74, 6) is 3.29. The fourth-order valence-electron chi connectivity index (χ4n) is 5.20. The minimum atomic E-state index is 0.200. The molecule has 4 atom stereocenters. The number of rotatable bonds is 7. The maximum Gasteiger partial charge on any atom is 0.220 e. The van der Waals surface area contributed by atoms with E-state index in [1.807, 2.05) is 0 Å². The summed E-state index contributed by atoms with van der Waals surface area (Å²) in [5.41, 5.74) is 3.55. The van der Waals surface area contributed by atoms with Crippen LogP contribution in [0.2, 0.25) is 0 Å². The number of hydrogen-bond acceptors (Lipinski definition) is 2. The maximum atomic E-state index is 12.5. The van der Waals surface area contributed by atoms with E-state index in [1.54, 1.807) is 0 Å². The summed E-state index contributed by atoms with van der Waals surface area (Å²) in [6, 6.07) is 0.327. The van der Waals surface area contributed by atoms with Crippen molar-refractivity contribution in [2.45, 2.75) is 85.7 Å². The summed E-state index contributed by atoms with van der Waals surface area (Å²) in [6.07, 6.45) is 6.89. The van der Waals surface area contributed by atoms with E-state index in [0.717, 1.165) is 30.5 Å². The molecule has 2 aliphatic carbocycles. The average molecular weight is 346 g/mol. The Morgan fingerprint density at radius 1 is 1.24 bits per heavy atom. The zero-order chi connectivity index (χ0) is 18.1. The van der Waals surface area contributed by atoms with Gasteiger partial charge in [-0.05, 0) is 75.7 Å². The van der Waals surface area contributed by atoms with E-state index in [-0.39, 0.29) is 5.91 Å². The molecule has 25 heavy (non-hydrogen) atoms. The van der Waals surface area contributed by atoms with Gasteiger partial charge in [-0.15, -0.1) is 0 Å². The van der Waals surface area contributed by atoms with Gasteiger partial charge in [0, 0.05) is 24.7 Å². The Hall–Kier alpha value is -1.32. The van der Waals surface area contributed by atoms with Gasteiger partial charge in [-0.1, -0.05) is 20.3 Å². The molecule has 2 fully saturated rings. The Morgan fingerprint density at radius 2 is 2.00 bits per heavy atom. The van der Waals surface area contributed by atoms with Gasteiger partial charge in [-0.25, -0.2) is 0 Å². The minimum absolute atomic E-state index is 0.200. The number of carbonyl (C=O) groups excluding carboxylic acids is 1. The molecule has 3 rings (SSSR count). The van der Waals surface area contributed by atoms with E-state index in [4.69, 9.17) is 0 Å². The van der Waals surface area contributed by atoms with Crippen LogP contribution in [0.3, 0.4) is 0 Å². The Balaban J connectivity index is 1.51. The van der Waals surface area contributed by atoms with Gasteiger partial charge >= 0.3 is 0 Å². The molecule has 0 spiro atoms. The minimum Gasteiger partial charge on any atom is -0.353 e. The Labute approximate surface area is 152 Å². The van der Waals surface area contributed by atoms with Crippen molar-refractivity contribution in [1.82, 2.24) is 15.1 Å². The third kappa shape index (κ3) is 4.09. The lowest BCUT2D eigenvalue weighted by Crippen LogP contribution is -2.40. The molecule has 2 saturated carbocycles. The first-order chi connectivity index (χ1) is 11.8. The quantitative estimate of drug-likeness (QED) is 0.811. The molecule has 1 aromatic heterocycles. The monoisotopic (exact) mass is 345 g/mol. The molecule has 0 saturated heterocycles. The maximum absolute atomic E-state index is 12.5. The van der Waals surface area contributed by atoms with Crippen molar-refractivity contribution in [3.8, 4) is 0 Å². The van der Waals surface area contributed by atoms with Gasteiger partial charge in [0.2, 0.25) is 5.91 Å². The van der Waals surface area contributed by atoms with Crippen LogP contribution in [0, 0.1) is 37.5 Å². The molecule has 4 unspecified atom stereocenters. The van der Waals surface area contributed by atoms with Crippen LogP contribution >= 0.6 is 0 Å². The number of aryl methyl sites for hydroxylation is 1. The summed E-state index contributed by atoms with van der Waals surface area (Å²) in [4.78, 5) is 12.5. The summed E-state index contributed by atoms with van der Waals surface area (Å²) < 4.78 is 2.10. The van der Waals surface area contributed by atoms with Crippen LogP contribution in [-0.4, -0.2) is 21.7 Å². The second-order valence-electron chi connectivity index (χ2n) is 8.92. The van der Waals surface area contributed by atoms with Gasteiger partial charge in [0.05, 0.1) is 5.69 Å². The van der Waals surface area contributed by atoms with Crippen LogP contribution in [0.5, 0.6) is 0 Å². The zero-order valence-corrected chi connectivity index (χ0v) is 16.6. The van der Waals surface area contributed by atoms with E-state index >= 15 is 0 Å². The molecule has 0 aromatic carbocycles. The fourth-order valence-corrected chi connectivity index (χ4v) is 5.20. The molecule has 0 radical (unpaired) electrons. The molecular formula is C21H35N3O. The number of hydrogen-bond donors (Lipinski definition) is 1. The van der Waals surface area contributed by atoms with E-state index in [2.05, 4.69) is 49.7 Å².